The lowest BCUT2D eigenvalue weighted by Crippen LogP contribution is -2.27. The van der Waals surface area contributed by atoms with E-state index in [4.69, 9.17) is 0 Å². The second-order valence-corrected chi connectivity index (χ2v) is 6.38. The lowest BCUT2D eigenvalue weighted by Gasteiger charge is -2.13. The summed E-state index contributed by atoms with van der Waals surface area (Å²) in [5.74, 6) is -1.44. The van der Waals surface area contributed by atoms with Gasteiger partial charge < -0.3 is 5.32 Å². The van der Waals surface area contributed by atoms with Crippen LogP contribution >= 0.6 is 0 Å². The van der Waals surface area contributed by atoms with Crippen molar-refractivity contribution in [1.82, 2.24) is 9.78 Å². The number of carbonyl (C=O) groups excluding carboxylic acids is 1. The Morgan fingerprint density at radius 3 is 2.45 bits per heavy atom. The molecule has 0 aliphatic carbocycles. The van der Waals surface area contributed by atoms with Gasteiger partial charge in [0.1, 0.15) is 5.82 Å². The zero-order chi connectivity index (χ0) is 21.3. The number of benzene rings is 2. The number of rotatable bonds is 3. The van der Waals surface area contributed by atoms with E-state index in [1.54, 1.807) is 6.92 Å². The van der Waals surface area contributed by atoms with Crippen LogP contribution in [0.15, 0.2) is 53.3 Å². The molecule has 0 aliphatic heterocycles. The standard InChI is InChI=1S/C20H15F4N3O2/c1-11-6-7-14(10-16(11)21)25-19(29)18-17(28)8-12(2)27(26-18)15-5-3-4-13(9-15)20(22,23)24/h3-10H,1-2H3,(H,25,29). The van der Waals surface area contributed by atoms with Crippen LogP contribution in [0.1, 0.15) is 27.3 Å². The van der Waals surface area contributed by atoms with Crippen LogP contribution in [-0.4, -0.2) is 15.7 Å². The molecule has 0 bridgehead atoms. The van der Waals surface area contributed by atoms with Gasteiger partial charge in [-0.15, -0.1) is 0 Å². The van der Waals surface area contributed by atoms with Crippen molar-refractivity contribution in [2.24, 2.45) is 0 Å². The number of alkyl halides is 3. The van der Waals surface area contributed by atoms with Crippen molar-refractivity contribution in [1.29, 1.82) is 0 Å². The lowest BCUT2D eigenvalue weighted by atomic mass is 10.2. The molecule has 0 spiro atoms. The van der Waals surface area contributed by atoms with E-state index in [0.717, 1.165) is 28.9 Å². The Morgan fingerprint density at radius 2 is 1.79 bits per heavy atom. The fourth-order valence-electron chi connectivity index (χ4n) is 2.64. The highest BCUT2D eigenvalue weighted by Crippen LogP contribution is 2.30. The van der Waals surface area contributed by atoms with Crippen LogP contribution in [0.25, 0.3) is 5.69 Å². The number of hydrogen-bond acceptors (Lipinski definition) is 3. The molecule has 0 saturated heterocycles. The van der Waals surface area contributed by atoms with Crippen LogP contribution in [0.2, 0.25) is 0 Å². The molecule has 0 unspecified atom stereocenters. The van der Waals surface area contributed by atoms with Crippen molar-refractivity contribution in [3.8, 4) is 5.69 Å². The van der Waals surface area contributed by atoms with Gasteiger partial charge in [0.15, 0.2) is 5.69 Å². The minimum atomic E-state index is -4.56. The van der Waals surface area contributed by atoms with Gasteiger partial charge in [0.05, 0.1) is 11.3 Å². The summed E-state index contributed by atoms with van der Waals surface area (Å²) in [5, 5.41) is 6.30. The number of carbonyl (C=O) groups is 1. The lowest BCUT2D eigenvalue weighted by molar-refractivity contribution is -0.137. The number of aryl methyl sites for hydroxylation is 2. The van der Waals surface area contributed by atoms with Crippen molar-refractivity contribution < 1.29 is 22.4 Å². The second-order valence-electron chi connectivity index (χ2n) is 6.38. The number of amides is 1. The largest absolute Gasteiger partial charge is 0.416 e. The molecular weight excluding hydrogens is 390 g/mol. The molecule has 9 heteroatoms. The van der Waals surface area contributed by atoms with Crippen molar-refractivity contribution >= 4 is 11.6 Å². The van der Waals surface area contributed by atoms with E-state index in [-0.39, 0.29) is 17.1 Å². The van der Waals surface area contributed by atoms with Gasteiger partial charge in [-0.05, 0) is 49.7 Å². The number of anilines is 1. The molecule has 0 atom stereocenters. The molecule has 0 saturated carbocycles. The quantitative estimate of drug-likeness (QED) is 0.663. The molecule has 3 aromatic rings. The first-order valence-corrected chi connectivity index (χ1v) is 8.42. The van der Waals surface area contributed by atoms with Gasteiger partial charge in [0.25, 0.3) is 5.91 Å². The van der Waals surface area contributed by atoms with Gasteiger partial charge in [-0.3, -0.25) is 9.59 Å². The van der Waals surface area contributed by atoms with E-state index in [1.165, 1.54) is 31.2 Å². The monoisotopic (exact) mass is 405 g/mol. The van der Waals surface area contributed by atoms with Crippen LogP contribution in [-0.2, 0) is 6.18 Å². The molecule has 150 valence electrons. The van der Waals surface area contributed by atoms with E-state index in [9.17, 15) is 27.2 Å². The van der Waals surface area contributed by atoms with E-state index < -0.39 is 34.6 Å². The van der Waals surface area contributed by atoms with E-state index in [2.05, 4.69) is 10.4 Å². The number of halogens is 4. The normalized spacial score (nSPS) is 11.4. The summed E-state index contributed by atoms with van der Waals surface area (Å²) in [6.07, 6.45) is -4.56. The smallest absolute Gasteiger partial charge is 0.320 e. The van der Waals surface area contributed by atoms with Crippen LogP contribution in [0.3, 0.4) is 0 Å². The molecule has 0 fully saturated rings. The highest BCUT2D eigenvalue weighted by atomic mass is 19.4. The third-order valence-electron chi connectivity index (χ3n) is 4.17. The molecule has 1 aromatic heterocycles. The molecule has 3 rings (SSSR count). The van der Waals surface area contributed by atoms with Crippen LogP contribution in [0.5, 0.6) is 0 Å². The summed E-state index contributed by atoms with van der Waals surface area (Å²) < 4.78 is 53.7. The molecule has 29 heavy (non-hydrogen) atoms. The van der Waals surface area contributed by atoms with Gasteiger partial charge >= 0.3 is 6.18 Å². The predicted molar refractivity (Wildman–Crippen MR) is 98.7 cm³/mol. The van der Waals surface area contributed by atoms with Gasteiger partial charge in [0, 0.05) is 17.4 Å². The maximum absolute atomic E-state index is 13.7. The topological polar surface area (TPSA) is 64.0 Å². The van der Waals surface area contributed by atoms with Crippen molar-refractivity contribution in [2.45, 2.75) is 20.0 Å². The average Bonchev–Trinajstić information content (AvgIpc) is 2.64. The second kappa shape index (κ2) is 7.50. The predicted octanol–water partition coefficient (Wildman–Crippen LogP) is 4.26. The number of nitrogens with zero attached hydrogens (tertiary/aromatic N) is 2. The molecule has 1 amide bonds. The molecular formula is C20H15F4N3O2. The molecule has 0 radical (unpaired) electrons. The Hall–Kier alpha value is -3.49. The van der Waals surface area contributed by atoms with Gasteiger partial charge in [-0.2, -0.15) is 18.3 Å². The summed E-state index contributed by atoms with van der Waals surface area (Å²) in [7, 11) is 0. The van der Waals surface area contributed by atoms with Gasteiger partial charge in [-0.25, -0.2) is 9.07 Å². The number of hydrogen-bond donors (Lipinski definition) is 1. The number of nitrogens with one attached hydrogen (secondary N) is 1. The van der Waals surface area contributed by atoms with Crippen molar-refractivity contribution in [3.63, 3.8) is 0 Å². The fourth-order valence-corrected chi connectivity index (χ4v) is 2.64. The third-order valence-corrected chi connectivity index (χ3v) is 4.17. The summed E-state index contributed by atoms with van der Waals surface area (Å²) in [5.41, 5.74) is -1.37. The highest BCUT2D eigenvalue weighted by Gasteiger charge is 2.30. The summed E-state index contributed by atoms with van der Waals surface area (Å²) in [6.45, 7) is 3.03. The fraction of sp³-hybridized carbons (Fsp3) is 0.150. The first kappa shape index (κ1) is 20.2. The maximum Gasteiger partial charge on any atom is 0.416 e. The van der Waals surface area contributed by atoms with Crippen LogP contribution in [0, 0.1) is 19.7 Å². The third kappa shape index (κ3) is 4.34. The van der Waals surface area contributed by atoms with Gasteiger partial charge in [-0.1, -0.05) is 12.1 Å². The Bertz CT molecular complexity index is 1150. The first-order valence-electron chi connectivity index (χ1n) is 8.42. The van der Waals surface area contributed by atoms with Gasteiger partial charge in [0.2, 0.25) is 5.43 Å². The molecule has 2 aromatic carbocycles. The van der Waals surface area contributed by atoms with Crippen LogP contribution < -0.4 is 10.7 Å². The Balaban J connectivity index is 2.00. The molecule has 1 heterocycles. The molecule has 0 aliphatic rings. The van der Waals surface area contributed by atoms with Crippen molar-refractivity contribution in [2.75, 3.05) is 5.32 Å². The number of aromatic nitrogens is 2. The van der Waals surface area contributed by atoms with Crippen molar-refractivity contribution in [3.05, 3.63) is 87.1 Å². The zero-order valence-electron chi connectivity index (χ0n) is 15.3. The minimum Gasteiger partial charge on any atom is -0.320 e. The molecule has 5 nitrogen and oxygen atoms in total. The molecule has 1 N–H and O–H groups in total. The Morgan fingerprint density at radius 1 is 1.07 bits per heavy atom. The van der Waals surface area contributed by atoms with E-state index >= 15 is 0 Å². The first-order chi connectivity index (χ1) is 13.6. The highest BCUT2D eigenvalue weighted by molar-refractivity contribution is 6.02. The van der Waals surface area contributed by atoms with E-state index in [0.29, 0.717) is 5.56 Å². The maximum atomic E-state index is 13.7. The average molecular weight is 405 g/mol. The van der Waals surface area contributed by atoms with E-state index in [1.807, 2.05) is 0 Å². The zero-order valence-corrected chi connectivity index (χ0v) is 15.3. The summed E-state index contributed by atoms with van der Waals surface area (Å²) in [6, 6.07) is 9.43. The Labute approximate surface area is 162 Å². The minimum absolute atomic E-state index is 0.0350. The SMILES string of the molecule is Cc1ccc(NC(=O)c2nn(-c3cccc(C(F)(F)F)c3)c(C)cc2=O)cc1F. The Kier molecular flexibility index (Phi) is 5.23. The summed E-state index contributed by atoms with van der Waals surface area (Å²) in [4.78, 5) is 24.7. The van der Waals surface area contributed by atoms with Crippen LogP contribution in [0.4, 0.5) is 23.2 Å². The summed E-state index contributed by atoms with van der Waals surface area (Å²) >= 11 is 0.